The summed E-state index contributed by atoms with van der Waals surface area (Å²) >= 11 is 1.64. The number of nitrogens with zero attached hydrogens (tertiary/aromatic N) is 2. The van der Waals surface area contributed by atoms with Crippen molar-refractivity contribution >= 4 is 29.3 Å². The zero-order chi connectivity index (χ0) is 17.2. The van der Waals surface area contributed by atoms with Crippen LogP contribution < -0.4 is 10.2 Å². The van der Waals surface area contributed by atoms with E-state index in [-0.39, 0.29) is 17.9 Å². The zero-order valence-corrected chi connectivity index (χ0v) is 15.0. The second-order valence-electron chi connectivity index (χ2n) is 6.90. The Bertz CT molecular complexity index is 676. The van der Waals surface area contributed by atoms with E-state index in [9.17, 15) is 9.59 Å². The molecule has 2 heterocycles. The van der Waals surface area contributed by atoms with E-state index >= 15 is 0 Å². The molecule has 1 aliphatic carbocycles. The lowest BCUT2D eigenvalue weighted by Crippen LogP contribution is -2.47. The molecule has 0 radical (unpaired) electrons. The molecule has 3 aliphatic rings. The molecule has 5 nitrogen and oxygen atoms in total. The molecule has 1 aromatic carbocycles. The number of amides is 2. The van der Waals surface area contributed by atoms with Gasteiger partial charge >= 0.3 is 0 Å². The number of anilines is 1. The van der Waals surface area contributed by atoms with E-state index in [1.54, 1.807) is 16.7 Å². The number of carbonyl (C=O) groups is 2. The van der Waals surface area contributed by atoms with Gasteiger partial charge in [-0.05, 0) is 43.0 Å². The molecule has 1 saturated carbocycles. The van der Waals surface area contributed by atoms with Crippen LogP contribution in [0, 0.1) is 5.92 Å². The molecule has 2 amide bonds. The SMILES string of the molecule is O=C(NCC1CC1)C1CSCN1C(=O)c1ccc(N2CC=CC2)cc1. The molecule has 1 unspecified atom stereocenters. The number of hydrogen-bond donors (Lipinski definition) is 1. The van der Waals surface area contributed by atoms with E-state index in [4.69, 9.17) is 0 Å². The van der Waals surface area contributed by atoms with Gasteiger partial charge in [0.05, 0.1) is 5.88 Å². The lowest BCUT2D eigenvalue weighted by Gasteiger charge is -2.24. The number of thioether (sulfide) groups is 1. The van der Waals surface area contributed by atoms with Gasteiger partial charge in [-0.25, -0.2) is 0 Å². The van der Waals surface area contributed by atoms with Crippen molar-refractivity contribution in [3.63, 3.8) is 0 Å². The van der Waals surface area contributed by atoms with Crippen LogP contribution in [0.2, 0.25) is 0 Å². The number of benzene rings is 1. The van der Waals surface area contributed by atoms with E-state index in [2.05, 4.69) is 22.4 Å². The summed E-state index contributed by atoms with van der Waals surface area (Å²) in [6.07, 6.45) is 6.71. The van der Waals surface area contributed by atoms with Crippen LogP contribution in [0.25, 0.3) is 0 Å². The van der Waals surface area contributed by atoms with Gasteiger partial charge in [-0.2, -0.15) is 0 Å². The Hall–Kier alpha value is -1.95. The summed E-state index contributed by atoms with van der Waals surface area (Å²) in [6, 6.07) is 7.38. The monoisotopic (exact) mass is 357 g/mol. The molecule has 0 bridgehead atoms. The second kappa shape index (κ2) is 7.12. The predicted octanol–water partition coefficient (Wildman–Crippen LogP) is 2.10. The summed E-state index contributed by atoms with van der Waals surface area (Å²) in [6.45, 7) is 2.58. The molecule has 0 spiro atoms. The molecular formula is C19H23N3O2S. The number of hydrogen-bond acceptors (Lipinski definition) is 4. The number of nitrogens with one attached hydrogen (secondary N) is 1. The van der Waals surface area contributed by atoms with Crippen molar-refractivity contribution in [3.05, 3.63) is 42.0 Å². The minimum atomic E-state index is -0.348. The highest BCUT2D eigenvalue weighted by molar-refractivity contribution is 7.99. The molecule has 25 heavy (non-hydrogen) atoms. The normalized spacial score (nSPS) is 22.5. The van der Waals surface area contributed by atoms with E-state index in [1.165, 1.54) is 12.8 Å². The maximum atomic E-state index is 12.9. The van der Waals surface area contributed by atoms with E-state index < -0.39 is 0 Å². The second-order valence-corrected chi connectivity index (χ2v) is 7.90. The van der Waals surface area contributed by atoms with Crippen LogP contribution in [-0.2, 0) is 4.79 Å². The summed E-state index contributed by atoms with van der Waals surface area (Å²) in [5.41, 5.74) is 1.77. The van der Waals surface area contributed by atoms with Crippen molar-refractivity contribution in [2.75, 3.05) is 36.2 Å². The van der Waals surface area contributed by atoms with Gasteiger partial charge in [-0.1, -0.05) is 12.2 Å². The Kier molecular flexibility index (Phi) is 4.70. The minimum absolute atomic E-state index is 0.00925. The van der Waals surface area contributed by atoms with Gasteiger partial charge in [0, 0.05) is 36.6 Å². The van der Waals surface area contributed by atoms with E-state index in [1.807, 2.05) is 24.3 Å². The van der Waals surface area contributed by atoms with Crippen molar-refractivity contribution in [3.8, 4) is 0 Å². The topological polar surface area (TPSA) is 52.7 Å². The maximum absolute atomic E-state index is 12.9. The number of rotatable bonds is 5. The molecule has 2 aliphatic heterocycles. The highest BCUT2D eigenvalue weighted by atomic mass is 32.2. The Morgan fingerprint density at radius 3 is 2.52 bits per heavy atom. The molecule has 6 heteroatoms. The van der Waals surface area contributed by atoms with E-state index in [0.29, 0.717) is 23.1 Å². The Balaban J connectivity index is 1.40. The molecule has 1 aromatic rings. The van der Waals surface area contributed by atoms with Gasteiger partial charge in [0.1, 0.15) is 6.04 Å². The first-order chi connectivity index (χ1) is 12.2. The molecule has 1 saturated heterocycles. The summed E-state index contributed by atoms with van der Waals surface area (Å²) in [4.78, 5) is 29.2. The van der Waals surface area contributed by atoms with Crippen molar-refractivity contribution < 1.29 is 9.59 Å². The standard InChI is InChI=1S/C19H23N3O2S/c23-18(20-11-14-3-4-14)17-12-25-13-22(17)19(24)15-5-7-16(8-6-15)21-9-1-2-10-21/h1-2,5-8,14,17H,3-4,9-13H2,(H,20,23). The smallest absolute Gasteiger partial charge is 0.255 e. The highest BCUT2D eigenvalue weighted by Gasteiger charge is 2.35. The first kappa shape index (κ1) is 16.5. The summed E-state index contributed by atoms with van der Waals surface area (Å²) < 4.78 is 0. The Labute approximate surface area is 152 Å². The van der Waals surface area contributed by atoms with Gasteiger partial charge < -0.3 is 15.1 Å². The molecule has 0 aromatic heterocycles. The largest absolute Gasteiger partial charge is 0.364 e. The first-order valence-corrected chi connectivity index (χ1v) is 10.0. The molecule has 4 rings (SSSR count). The van der Waals surface area contributed by atoms with Gasteiger partial charge in [-0.15, -0.1) is 11.8 Å². The van der Waals surface area contributed by atoms with Gasteiger partial charge in [0.25, 0.3) is 5.91 Å². The maximum Gasteiger partial charge on any atom is 0.255 e. The fourth-order valence-electron chi connectivity index (χ4n) is 3.21. The van der Waals surface area contributed by atoms with Crippen LogP contribution >= 0.6 is 11.8 Å². The number of carbonyl (C=O) groups excluding carboxylic acids is 2. The van der Waals surface area contributed by atoms with Crippen LogP contribution in [0.15, 0.2) is 36.4 Å². The van der Waals surface area contributed by atoms with Crippen molar-refractivity contribution in [1.82, 2.24) is 10.2 Å². The summed E-state index contributed by atoms with van der Waals surface area (Å²) in [7, 11) is 0. The Morgan fingerprint density at radius 1 is 1.12 bits per heavy atom. The van der Waals surface area contributed by atoms with Crippen molar-refractivity contribution in [2.45, 2.75) is 18.9 Å². The van der Waals surface area contributed by atoms with E-state index in [0.717, 1.165) is 25.3 Å². The minimum Gasteiger partial charge on any atom is -0.364 e. The van der Waals surface area contributed by atoms with Crippen LogP contribution in [0.5, 0.6) is 0 Å². The molecular weight excluding hydrogens is 334 g/mol. The average molecular weight is 357 g/mol. The van der Waals surface area contributed by atoms with Gasteiger partial charge in [-0.3, -0.25) is 9.59 Å². The van der Waals surface area contributed by atoms with Crippen molar-refractivity contribution in [1.29, 1.82) is 0 Å². The fourth-order valence-corrected chi connectivity index (χ4v) is 4.37. The van der Waals surface area contributed by atoms with Crippen LogP contribution in [0.3, 0.4) is 0 Å². The Morgan fingerprint density at radius 2 is 1.84 bits per heavy atom. The third kappa shape index (κ3) is 3.68. The predicted molar refractivity (Wildman–Crippen MR) is 101 cm³/mol. The first-order valence-electron chi connectivity index (χ1n) is 8.89. The van der Waals surface area contributed by atoms with Crippen molar-refractivity contribution in [2.24, 2.45) is 5.92 Å². The van der Waals surface area contributed by atoms with Crippen LogP contribution in [0.4, 0.5) is 5.69 Å². The third-order valence-corrected chi connectivity index (χ3v) is 6.02. The van der Waals surface area contributed by atoms with Gasteiger partial charge in [0.15, 0.2) is 0 Å². The molecule has 1 N–H and O–H groups in total. The van der Waals surface area contributed by atoms with Gasteiger partial charge in [0.2, 0.25) is 5.91 Å². The molecule has 2 fully saturated rings. The zero-order valence-electron chi connectivity index (χ0n) is 14.2. The van der Waals surface area contributed by atoms with Crippen LogP contribution in [0.1, 0.15) is 23.2 Å². The lowest BCUT2D eigenvalue weighted by atomic mass is 10.1. The molecule has 1 atom stereocenters. The third-order valence-electron chi connectivity index (χ3n) is 5.01. The molecule has 132 valence electrons. The van der Waals surface area contributed by atoms with Crippen LogP contribution in [-0.4, -0.2) is 54.0 Å². The summed E-state index contributed by atoms with van der Waals surface area (Å²) in [5, 5.41) is 3.01. The quantitative estimate of drug-likeness (QED) is 0.820. The lowest BCUT2D eigenvalue weighted by molar-refractivity contribution is -0.124. The highest BCUT2D eigenvalue weighted by Crippen LogP contribution is 2.28. The average Bonchev–Trinajstić information content (AvgIpc) is 3.12. The fraction of sp³-hybridized carbons (Fsp3) is 0.474. The summed E-state index contributed by atoms with van der Waals surface area (Å²) in [5.74, 6) is 1.85.